The van der Waals surface area contributed by atoms with Crippen LogP contribution >= 0.6 is 12.2 Å². The van der Waals surface area contributed by atoms with E-state index in [4.69, 9.17) is 22.1 Å². The number of thiocarbonyl (C=S) groups is 1. The molecule has 0 radical (unpaired) electrons. The van der Waals surface area contributed by atoms with Crippen molar-refractivity contribution >= 4 is 23.3 Å². The van der Waals surface area contributed by atoms with Gasteiger partial charge in [0, 0.05) is 31.6 Å². The van der Waals surface area contributed by atoms with Crippen molar-refractivity contribution in [3.63, 3.8) is 0 Å². The molecule has 1 aliphatic heterocycles. The van der Waals surface area contributed by atoms with E-state index in [-0.39, 0.29) is 24.8 Å². The molecule has 0 aliphatic carbocycles. The van der Waals surface area contributed by atoms with Crippen LogP contribution in [-0.2, 0) is 11.2 Å². The number of fused-ring (bicyclic) bond motifs is 1. The summed E-state index contributed by atoms with van der Waals surface area (Å²) in [4.78, 5) is 12.5. The van der Waals surface area contributed by atoms with Gasteiger partial charge in [0.15, 0.2) is 16.7 Å². The maximum atomic E-state index is 13.7. The molecule has 1 aliphatic rings. The molecule has 0 amide bonds. The average Bonchev–Trinajstić information content (AvgIpc) is 2.49. The van der Waals surface area contributed by atoms with Gasteiger partial charge in [-0.1, -0.05) is 0 Å². The van der Waals surface area contributed by atoms with Gasteiger partial charge in [0.05, 0.1) is 6.04 Å². The molecule has 23 heavy (non-hydrogen) atoms. The van der Waals surface area contributed by atoms with Crippen LogP contribution in [0.5, 0.6) is 5.75 Å². The molecule has 126 valence electrons. The number of carboxylic acids is 1. The summed E-state index contributed by atoms with van der Waals surface area (Å²) in [6.07, 6.45) is 0.813. The summed E-state index contributed by atoms with van der Waals surface area (Å²) in [6, 6.07) is 1.84. The molecule has 0 spiro atoms. The van der Waals surface area contributed by atoms with Gasteiger partial charge in [0.1, 0.15) is 12.4 Å². The number of hydrogen-bond donors (Lipinski definition) is 2. The van der Waals surface area contributed by atoms with Crippen LogP contribution in [0.1, 0.15) is 18.4 Å². The lowest BCUT2D eigenvalue weighted by atomic mass is 10.0. The summed E-state index contributed by atoms with van der Waals surface area (Å²) < 4.78 is 32.5. The van der Waals surface area contributed by atoms with E-state index >= 15 is 0 Å². The molecule has 1 aromatic carbocycles. The predicted molar refractivity (Wildman–Crippen MR) is 84.6 cm³/mol. The average molecular weight is 344 g/mol. The fourth-order valence-electron chi connectivity index (χ4n) is 2.61. The monoisotopic (exact) mass is 344 g/mol. The fraction of sp³-hybridized carbons (Fsp3) is 0.467. The standard InChI is InChI=1S/C15H18F2N2O3S/c1-18-15(23)19(4-2-3-13(20)21)11-6-9-5-10(16)7-12(17)14(9)22-8-11/h5,7,11H,2-4,6,8H2,1H3,(H,18,23)(H,20,21). The van der Waals surface area contributed by atoms with E-state index in [1.165, 1.54) is 6.07 Å². The third-order valence-corrected chi connectivity index (χ3v) is 4.10. The first-order chi connectivity index (χ1) is 10.9. The summed E-state index contributed by atoms with van der Waals surface area (Å²) in [7, 11) is 1.67. The summed E-state index contributed by atoms with van der Waals surface area (Å²) in [6.45, 7) is 0.623. The number of ether oxygens (including phenoxy) is 1. The van der Waals surface area contributed by atoms with E-state index in [2.05, 4.69) is 5.32 Å². The second-order valence-corrected chi connectivity index (χ2v) is 5.68. The quantitative estimate of drug-likeness (QED) is 0.796. The summed E-state index contributed by atoms with van der Waals surface area (Å²) in [5.41, 5.74) is 0.445. The second kappa shape index (κ2) is 7.54. The first-order valence-corrected chi connectivity index (χ1v) is 7.64. The molecule has 2 N–H and O–H groups in total. The highest BCUT2D eigenvalue weighted by molar-refractivity contribution is 7.80. The van der Waals surface area contributed by atoms with E-state index in [9.17, 15) is 13.6 Å². The highest BCUT2D eigenvalue weighted by Gasteiger charge is 2.29. The lowest BCUT2D eigenvalue weighted by Gasteiger charge is -2.36. The van der Waals surface area contributed by atoms with Gasteiger partial charge < -0.3 is 20.1 Å². The summed E-state index contributed by atoms with van der Waals surface area (Å²) in [5.74, 6) is -2.18. The summed E-state index contributed by atoms with van der Waals surface area (Å²) >= 11 is 5.25. The molecule has 0 aromatic heterocycles. The van der Waals surface area contributed by atoms with E-state index in [0.717, 1.165) is 6.07 Å². The minimum atomic E-state index is -0.880. The number of aliphatic carboxylic acids is 1. The van der Waals surface area contributed by atoms with E-state index in [1.54, 1.807) is 7.05 Å². The van der Waals surface area contributed by atoms with Gasteiger partial charge in [0.2, 0.25) is 0 Å². The minimum absolute atomic E-state index is 0.0241. The van der Waals surface area contributed by atoms with Crippen LogP contribution in [0.25, 0.3) is 0 Å². The van der Waals surface area contributed by atoms with Gasteiger partial charge in [-0.25, -0.2) is 8.78 Å². The smallest absolute Gasteiger partial charge is 0.303 e. The molecule has 0 saturated carbocycles. The molecule has 0 fully saturated rings. The molecule has 1 atom stereocenters. The van der Waals surface area contributed by atoms with Crippen LogP contribution in [0.15, 0.2) is 12.1 Å². The molecule has 0 saturated heterocycles. The molecule has 8 heteroatoms. The third-order valence-electron chi connectivity index (χ3n) is 3.67. The van der Waals surface area contributed by atoms with Crippen molar-refractivity contribution in [1.82, 2.24) is 10.2 Å². The first kappa shape index (κ1) is 17.4. The van der Waals surface area contributed by atoms with E-state index in [1.807, 2.05) is 4.90 Å². The number of nitrogens with one attached hydrogen (secondary N) is 1. The summed E-state index contributed by atoms with van der Waals surface area (Å²) in [5, 5.41) is 12.1. The lowest BCUT2D eigenvalue weighted by molar-refractivity contribution is -0.137. The van der Waals surface area contributed by atoms with Crippen LogP contribution in [0, 0.1) is 11.6 Å². The normalized spacial score (nSPS) is 16.2. The largest absolute Gasteiger partial charge is 0.488 e. The number of rotatable bonds is 5. The Labute approximate surface area is 138 Å². The molecule has 1 unspecified atom stereocenters. The van der Waals surface area contributed by atoms with Crippen molar-refractivity contribution < 1.29 is 23.4 Å². The van der Waals surface area contributed by atoms with Crippen molar-refractivity contribution in [2.75, 3.05) is 20.2 Å². The first-order valence-electron chi connectivity index (χ1n) is 7.23. The van der Waals surface area contributed by atoms with Gasteiger partial charge >= 0.3 is 5.97 Å². The van der Waals surface area contributed by atoms with Crippen LogP contribution < -0.4 is 10.1 Å². The Morgan fingerprint density at radius 2 is 2.26 bits per heavy atom. The fourth-order valence-corrected chi connectivity index (χ4v) is 2.85. The lowest BCUT2D eigenvalue weighted by Crippen LogP contribution is -2.50. The van der Waals surface area contributed by atoms with Crippen molar-refractivity contribution in [2.24, 2.45) is 0 Å². The van der Waals surface area contributed by atoms with Gasteiger partial charge in [-0.2, -0.15) is 0 Å². The van der Waals surface area contributed by atoms with Crippen LogP contribution in [0.4, 0.5) is 8.78 Å². The molecule has 0 bridgehead atoms. The topological polar surface area (TPSA) is 61.8 Å². The van der Waals surface area contributed by atoms with Crippen molar-refractivity contribution in [3.05, 3.63) is 29.3 Å². The molecule has 5 nitrogen and oxygen atoms in total. The minimum Gasteiger partial charge on any atom is -0.488 e. The van der Waals surface area contributed by atoms with Crippen LogP contribution in [-0.4, -0.2) is 47.3 Å². The Morgan fingerprint density at radius 3 is 2.91 bits per heavy atom. The van der Waals surface area contributed by atoms with Gasteiger partial charge in [-0.15, -0.1) is 0 Å². The van der Waals surface area contributed by atoms with Gasteiger partial charge in [-0.3, -0.25) is 4.79 Å². The third kappa shape index (κ3) is 4.28. The highest BCUT2D eigenvalue weighted by Crippen LogP contribution is 2.30. The Hall–Kier alpha value is -1.96. The molecule has 1 aromatic rings. The number of benzene rings is 1. The SMILES string of the molecule is CNC(=S)N(CCCC(=O)O)C1COc2c(F)cc(F)cc2C1. The number of carboxylic acid groups (broad SMARTS) is 1. The van der Waals surface area contributed by atoms with Crippen molar-refractivity contribution in [3.8, 4) is 5.75 Å². The van der Waals surface area contributed by atoms with Crippen molar-refractivity contribution in [2.45, 2.75) is 25.3 Å². The van der Waals surface area contributed by atoms with Crippen LogP contribution in [0.3, 0.4) is 0 Å². The Morgan fingerprint density at radius 1 is 1.52 bits per heavy atom. The van der Waals surface area contributed by atoms with E-state index in [0.29, 0.717) is 30.1 Å². The van der Waals surface area contributed by atoms with Gasteiger partial charge in [0.25, 0.3) is 0 Å². The number of nitrogens with zero attached hydrogens (tertiary/aromatic N) is 1. The van der Waals surface area contributed by atoms with Gasteiger partial charge in [-0.05, 0) is 31.1 Å². The zero-order valence-corrected chi connectivity index (χ0v) is 13.5. The maximum absolute atomic E-state index is 13.7. The maximum Gasteiger partial charge on any atom is 0.303 e. The van der Waals surface area contributed by atoms with Crippen molar-refractivity contribution in [1.29, 1.82) is 0 Å². The number of carbonyl (C=O) groups is 1. The van der Waals surface area contributed by atoms with Crippen LogP contribution in [0.2, 0.25) is 0 Å². The Kier molecular flexibility index (Phi) is 5.70. The Bertz CT molecular complexity index is 613. The zero-order chi connectivity index (χ0) is 17.0. The molecular formula is C15H18F2N2O3S. The second-order valence-electron chi connectivity index (χ2n) is 5.29. The Balaban J connectivity index is 2.13. The highest BCUT2D eigenvalue weighted by atomic mass is 32.1. The number of hydrogen-bond acceptors (Lipinski definition) is 3. The number of halogens is 2. The predicted octanol–water partition coefficient (Wildman–Crippen LogP) is 1.94. The molecular weight excluding hydrogens is 326 g/mol. The molecule has 2 rings (SSSR count). The molecule has 1 heterocycles. The zero-order valence-electron chi connectivity index (χ0n) is 12.6. The van der Waals surface area contributed by atoms with E-state index < -0.39 is 17.6 Å².